The third-order valence-electron chi connectivity index (χ3n) is 5.28. The number of carbonyl (C=O) groups is 1. The van der Waals surface area contributed by atoms with Gasteiger partial charge in [0.25, 0.3) is 5.91 Å². The van der Waals surface area contributed by atoms with E-state index >= 15 is 0 Å². The molecule has 9 heteroatoms. The minimum atomic E-state index is -4.16. The molecule has 2 aromatic carbocycles. The fourth-order valence-electron chi connectivity index (χ4n) is 3.57. The summed E-state index contributed by atoms with van der Waals surface area (Å²) in [5.74, 6) is -1.77. The predicted molar refractivity (Wildman–Crippen MR) is 106 cm³/mol. The molecule has 1 saturated heterocycles. The molecule has 0 saturated carbocycles. The highest BCUT2D eigenvalue weighted by molar-refractivity contribution is 7.89. The van der Waals surface area contributed by atoms with E-state index in [0.29, 0.717) is 37.6 Å². The molecule has 1 N–H and O–H groups in total. The van der Waals surface area contributed by atoms with E-state index in [1.807, 2.05) is 18.2 Å². The quantitative estimate of drug-likeness (QED) is 0.666. The number of sulfonamides is 1. The lowest BCUT2D eigenvalue weighted by atomic mass is 9.97. The topological polar surface area (TPSA) is 79.6 Å². The molecule has 0 aliphatic carbocycles. The molecule has 0 radical (unpaired) electrons. The van der Waals surface area contributed by atoms with Crippen molar-refractivity contribution >= 4 is 26.9 Å². The van der Waals surface area contributed by atoms with Crippen molar-refractivity contribution in [2.24, 2.45) is 5.92 Å². The highest BCUT2D eigenvalue weighted by Crippen LogP contribution is 2.24. The average Bonchev–Trinajstić information content (AvgIpc) is 3.18. The van der Waals surface area contributed by atoms with Crippen molar-refractivity contribution in [2.75, 3.05) is 19.6 Å². The minimum absolute atomic E-state index is 0.0175. The number of amides is 1. The van der Waals surface area contributed by atoms with E-state index in [1.54, 1.807) is 17.0 Å². The van der Waals surface area contributed by atoms with Gasteiger partial charge in [0.05, 0.1) is 0 Å². The van der Waals surface area contributed by atoms with Gasteiger partial charge in [0, 0.05) is 25.0 Å². The number of furan rings is 1. The van der Waals surface area contributed by atoms with E-state index < -0.39 is 26.6 Å². The van der Waals surface area contributed by atoms with Crippen LogP contribution in [-0.4, -0.2) is 38.9 Å². The van der Waals surface area contributed by atoms with E-state index in [0.717, 1.165) is 17.5 Å². The molecule has 1 fully saturated rings. The number of hydrogen-bond donors (Lipinski definition) is 1. The molecule has 6 nitrogen and oxygen atoms in total. The van der Waals surface area contributed by atoms with E-state index in [4.69, 9.17) is 4.42 Å². The van der Waals surface area contributed by atoms with Crippen LogP contribution in [0.15, 0.2) is 57.8 Å². The molecule has 0 unspecified atom stereocenters. The summed E-state index contributed by atoms with van der Waals surface area (Å²) in [5.41, 5.74) is 0.648. The number of nitrogens with zero attached hydrogens (tertiary/aromatic N) is 1. The molecule has 1 aliphatic heterocycles. The lowest BCUT2D eigenvalue weighted by Crippen LogP contribution is -2.41. The van der Waals surface area contributed by atoms with Crippen LogP contribution in [0.25, 0.3) is 11.0 Å². The summed E-state index contributed by atoms with van der Waals surface area (Å²) in [5, 5.41) is 0.856. The smallest absolute Gasteiger partial charge is 0.289 e. The van der Waals surface area contributed by atoms with Crippen molar-refractivity contribution in [3.8, 4) is 0 Å². The van der Waals surface area contributed by atoms with E-state index in [2.05, 4.69) is 4.72 Å². The fraction of sp³-hybridized carbons (Fsp3) is 0.286. The van der Waals surface area contributed by atoms with Gasteiger partial charge in [0.1, 0.15) is 22.1 Å². The van der Waals surface area contributed by atoms with E-state index in [9.17, 15) is 22.0 Å². The zero-order chi connectivity index (χ0) is 21.3. The molecule has 0 spiro atoms. The van der Waals surface area contributed by atoms with E-state index in [1.165, 1.54) is 0 Å². The van der Waals surface area contributed by atoms with Crippen LogP contribution in [0.4, 0.5) is 8.78 Å². The average molecular weight is 434 g/mol. The van der Waals surface area contributed by atoms with Crippen LogP contribution in [0.2, 0.25) is 0 Å². The molecule has 0 bridgehead atoms. The van der Waals surface area contributed by atoms with Gasteiger partial charge in [-0.25, -0.2) is 21.9 Å². The maximum absolute atomic E-state index is 13.8. The summed E-state index contributed by atoms with van der Waals surface area (Å²) in [6, 6.07) is 11.4. The SMILES string of the molecule is O=C(c1cc2ccccc2o1)N1CCC(CNS(=O)(=O)c2cc(F)ccc2F)CC1. The second kappa shape index (κ2) is 8.16. The Morgan fingerprint density at radius 1 is 1.10 bits per heavy atom. The van der Waals surface area contributed by atoms with Gasteiger partial charge in [0.15, 0.2) is 5.76 Å². The van der Waals surface area contributed by atoms with Crippen LogP contribution in [0.5, 0.6) is 0 Å². The first-order chi connectivity index (χ1) is 14.3. The summed E-state index contributed by atoms with van der Waals surface area (Å²) in [6.07, 6.45) is 1.17. The van der Waals surface area contributed by atoms with Gasteiger partial charge in [-0.2, -0.15) is 0 Å². The largest absolute Gasteiger partial charge is 0.451 e. The molecule has 2 heterocycles. The lowest BCUT2D eigenvalue weighted by Gasteiger charge is -2.31. The number of likely N-dealkylation sites (tertiary alicyclic amines) is 1. The first-order valence-corrected chi connectivity index (χ1v) is 11.0. The molecule has 158 valence electrons. The molecule has 30 heavy (non-hydrogen) atoms. The predicted octanol–water partition coefficient (Wildman–Crippen LogP) is 3.54. The van der Waals surface area contributed by atoms with Crippen molar-refractivity contribution in [1.29, 1.82) is 0 Å². The standard InChI is InChI=1S/C21H20F2N2O4S/c22-16-5-6-17(23)20(12-16)30(27,28)24-13-14-7-9-25(10-8-14)21(26)19-11-15-3-1-2-4-18(15)29-19/h1-6,11-12,14,24H,7-10,13H2. The zero-order valence-corrected chi connectivity index (χ0v) is 16.8. The molecule has 3 aromatic rings. The Kier molecular flexibility index (Phi) is 5.57. The Labute approximate surface area is 172 Å². The molecule has 0 atom stereocenters. The summed E-state index contributed by atoms with van der Waals surface area (Å²) >= 11 is 0. The molecular weight excluding hydrogens is 414 g/mol. The van der Waals surface area contributed by atoms with Crippen molar-refractivity contribution in [3.05, 3.63) is 65.9 Å². The second-order valence-electron chi connectivity index (χ2n) is 7.31. The summed E-state index contributed by atoms with van der Waals surface area (Å²) in [7, 11) is -4.16. The van der Waals surface area contributed by atoms with Crippen LogP contribution >= 0.6 is 0 Å². The Hall–Kier alpha value is -2.78. The molecule has 4 rings (SSSR count). The van der Waals surface area contributed by atoms with Gasteiger partial charge in [-0.15, -0.1) is 0 Å². The maximum atomic E-state index is 13.8. The second-order valence-corrected chi connectivity index (χ2v) is 9.05. The Morgan fingerprint density at radius 2 is 1.83 bits per heavy atom. The first-order valence-electron chi connectivity index (χ1n) is 9.56. The van der Waals surface area contributed by atoms with Crippen molar-refractivity contribution in [2.45, 2.75) is 17.7 Å². The Balaban J connectivity index is 1.34. The highest BCUT2D eigenvalue weighted by Gasteiger charge is 2.27. The van der Waals surface area contributed by atoms with Gasteiger partial charge in [-0.3, -0.25) is 4.79 Å². The van der Waals surface area contributed by atoms with Crippen LogP contribution in [0.3, 0.4) is 0 Å². The summed E-state index contributed by atoms with van der Waals surface area (Å²) in [6.45, 7) is 0.998. The number of piperidine rings is 1. The maximum Gasteiger partial charge on any atom is 0.289 e. The Morgan fingerprint density at radius 3 is 2.57 bits per heavy atom. The Bertz CT molecular complexity index is 1150. The monoisotopic (exact) mass is 434 g/mol. The van der Waals surface area contributed by atoms with E-state index in [-0.39, 0.29) is 24.1 Å². The van der Waals surface area contributed by atoms with Crippen molar-refractivity contribution < 1.29 is 26.4 Å². The van der Waals surface area contributed by atoms with Gasteiger partial charge >= 0.3 is 0 Å². The van der Waals surface area contributed by atoms with Crippen molar-refractivity contribution in [1.82, 2.24) is 9.62 Å². The molecule has 1 aliphatic rings. The zero-order valence-electron chi connectivity index (χ0n) is 16.0. The van der Waals surface area contributed by atoms with Crippen LogP contribution in [0.1, 0.15) is 23.4 Å². The third-order valence-corrected chi connectivity index (χ3v) is 6.72. The van der Waals surface area contributed by atoms with Crippen LogP contribution in [0, 0.1) is 17.6 Å². The normalized spacial score (nSPS) is 15.6. The summed E-state index contributed by atoms with van der Waals surface area (Å²) < 4.78 is 59.6. The molecular formula is C21H20F2N2O4S. The number of hydrogen-bond acceptors (Lipinski definition) is 4. The number of carbonyl (C=O) groups excluding carboxylic acids is 1. The molecule has 1 aromatic heterocycles. The van der Waals surface area contributed by atoms with Crippen LogP contribution < -0.4 is 4.72 Å². The summed E-state index contributed by atoms with van der Waals surface area (Å²) in [4.78, 5) is 13.7. The van der Waals surface area contributed by atoms with Crippen LogP contribution in [-0.2, 0) is 10.0 Å². The number of benzene rings is 2. The van der Waals surface area contributed by atoms with Gasteiger partial charge in [-0.1, -0.05) is 18.2 Å². The fourth-order valence-corrected chi connectivity index (χ4v) is 4.77. The number of halogens is 2. The number of para-hydroxylation sites is 1. The lowest BCUT2D eigenvalue weighted by molar-refractivity contribution is 0.0662. The number of rotatable bonds is 5. The first kappa shape index (κ1) is 20.5. The van der Waals surface area contributed by atoms with Crippen molar-refractivity contribution in [3.63, 3.8) is 0 Å². The number of nitrogens with one attached hydrogen (secondary N) is 1. The third kappa shape index (κ3) is 4.22. The van der Waals surface area contributed by atoms with Gasteiger partial charge in [0.2, 0.25) is 10.0 Å². The molecule has 1 amide bonds. The highest BCUT2D eigenvalue weighted by atomic mass is 32.2. The van der Waals surface area contributed by atoms with Gasteiger partial charge in [-0.05, 0) is 49.1 Å². The minimum Gasteiger partial charge on any atom is -0.451 e. The number of fused-ring (bicyclic) bond motifs is 1. The van der Waals surface area contributed by atoms with Gasteiger partial charge < -0.3 is 9.32 Å².